The Morgan fingerprint density at radius 3 is 1.43 bits per heavy atom. The van der Waals surface area contributed by atoms with Crippen molar-refractivity contribution < 1.29 is 58.2 Å². The number of ketones is 1. The van der Waals surface area contributed by atoms with E-state index in [-0.39, 0.29) is 77.3 Å². The highest BCUT2D eigenvalue weighted by atomic mass is 16.5. The molecule has 15 heteroatoms. The van der Waals surface area contributed by atoms with Crippen LogP contribution < -0.4 is 5.32 Å². The van der Waals surface area contributed by atoms with Crippen LogP contribution in [0.2, 0.25) is 0 Å². The predicted octanol–water partition coefficient (Wildman–Crippen LogP) is -1.99. The number of hydrogen-bond donors (Lipinski definition) is 4. The van der Waals surface area contributed by atoms with Gasteiger partial charge in [-0.1, -0.05) is 0 Å². The molecule has 214 valence electrons. The van der Waals surface area contributed by atoms with Crippen molar-refractivity contribution in [2.75, 3.05) is 98.7 Å². The third kappa shape index (κ3) is 24.8. The van der Waals surface area contributed by atoms with Crippen LogP contribution in [0, 0.1) is 0 Å². The molecule has 0 aliphatic heterocycles. The van der Waals surface area contributed by atoms with Crippen molar-refractivity contribution in [3.8, 4) is 0 Å². The highest BCUT2D eigenvalue weighted by Crippen LogP contribution is 1.95. The first kappa shape index (κ1) is 34.3. The highest BCUT2D eigenvalue weighted by molar-refractivity contribution is 5.81. The van der Waals surface area contributed by atoms with Gasteiger partial charge < -0.3 is 39.6 Å². The Morgan fingerprint density at radius 1 is 0.595 bits per heavy atom. The molecule has 0 radical (unpaired) electrons. The molecule has 0 aromatic carbocycles. The number of hydrogen-bond acceptors (Lipinski definition) is 11. The summed E-state index contributed by atoms with van der Waals surface area (Å²) in [5.74, 6) is -3.66. The number of Topliss-reactive ketones (excluding diaryl/α,β-unsaturated/α-hetero) is 1. The lowest BCUT2D eigenvalue weighted by Crippen LogP contribution is -2.37. The number of carbonyl (C=O) groups is 5. The van der Waals surface area contributed by atoms with Gasteiger partial charge in [-0.25, -0.2) is 0 Å². The number of ether oxygens (including phenoxy) is 4. The fourth-order valence-corrected chi connectivity index (χ4v) is 2.85. The maximum Gasteiger partial charge on any atom is 0.317 e. The van der Waals surface area contributed by atoms with E-state index in [2.05, 4.69) is 5.32 Å². The SMILES string of the molecule is CC(=O)NCCOCCOCCC(=O)CN(CCOCCOCCN(CC(=O)O)CC(=O)O)CC(=O)O. The van der Waals surface area contributed by atoms with Gasteiger partial charge in [0.2, 0.25) is 5.91 Å². The van der Waals surface area contributed by atoms with Crippen molar-refractivity contribution in [3.05, 3.63) is 0 Å². The largest absolute Gasteiger partial charge is 0.480 e. The number of amides is 1. The molecule has 0 saturated carbocycles. The summed E-state index contributed by atoms with van der Waals surface area (Å²) in [4.78, 5) is 58.1. The van der Waals surface area contributed by atoms with Crippen molar-refractivity contribution in [1.29, 1.82) is 0 Å². The van der Waals surface area contributed by atoms with Gasteiger partial charge >= 0.3 is 17.9 Å². The van der Waals surface area contributed by atoms with Gasteiger partial charge in [0.15, 0.2) is 0 Å². The van der Waals surface area contributed by atoms with E-state index in [0.29, 0.717) is 26.4 Å². The van der Waals surface area contributed by atoms with E-state index < -0.39 is 31.0 Å². The third-order valence-corrected chi connectivity index (χ3v) is 4.47. The first-order valence-corrected chi connectivity index (χ1v) is 11.8. The lowest BCUT2D eigenvalue weighted by Gasteiger charge is -2.19. The summed E-state index contributed by atoms with van der Waals surface area (Å²) in [6, 6.07) is 0. The molecule has 0 saturated heterocycles. The minimum Gasteiger partial charge on any atom is -0.480 e. The van der Waals surface area contributed by atoms with Crippen LogP contribution in [0.15, 0.2) is 0 Å². The van der Waals surface area contributed by atoms with Crippen LogP contribution in [0.3, 0.4) is 0 Å². The fourth-order valence-electron chi connectivity index (χ4n) is 2.85. The van der Waals surface area contributed by atoms with Gasteiger partial charge in [0.05, 0.1) is 79.0 Å². The quantitative estimate of drug-likeness (QED) is 0.0883. The molecule has 1 amide bonds. The summed E-state index contributed by atoms with van der Waals surface area (Å²) in [6.07, 6.45) is 0.123. The van der Waals surface area contributed by atoms with Gasteiger partial charge in [-0.05, 0) is 0 Å². The third-order valence-electron chi connectivity index (χ3n) is 4.47. The van der Waals surface area contributed by atoms with E-state index >= 15 is 0 Å². The molecule has 0 aromatic rings. The molecule has 0 fully saturated rings. The summed E-state index contributed by atoms with van der Waals surface area (Å²) in [6.45, 7) is 2.77. The van der Waals surface area contributed by atoms with Crippen LogP contribution in [0.1, 0.15) is 13.3 Å². The molecular formula is C22H39N3O12. The molecule has 4 N–H and O–H groups in total. The summed E-state index contributed by atoms with van der Waals surface area (Å²) in [5, 5.41) is 29.2. The number of aliphatic carboxylic acids is 3. The zero-order valence-corrected chi connectivity index (χ0v) is 21.2. The van der Waals surface area contributed by atoms with Crippen molar-refractivity contribution in [2.45, 2.75) is 13.3 Å². The van der Waals surface area contributed by atoms with E-state index in [1.165, 1.54) is 16.7 Å². The number of nitrogens with one attached hydrogen (secondary N) is 1. The fraction of sp³-hybridized carbons (Fsp3) is 0.773. The standard InChI is InChI=1S/C22H39N3O12/c1-18(26)23-3-7-35-11-10-34-6-2-19(27)14-24(15-20(28)29)4-8-36-12-13-37-9-5-25(16-21(30)31)17-22(32)33/h2-17H2,1H3,(H,23,26)(H,28,29)(H,30,31)(H,32,33). The molecule has 0 aliphatic carbocycles. The zero-order valence-electron chi connectivity index (χ0n) is 21.2. The van der Waals surface area contributed by atoms with E-state index in [4.69, 9.17) is 34.3 Å². The van der Waals surface area contributed by atoms with Crippen LogP contribution in [0.5, 0.6) is 0 Å². The molecule has 0 unspecified atom stereocenters. The Labute approximate surface area is 215 Å². The van der Waals surface area contributed by atoms with Crippen molar-refractivity contribution in [2.24, 2.45) is 0 Å². The van der Waals surface area contributed by atoms with Crippen LogP contribution >= 0.6 is 0 Å². The number of carbonyl (C=O) groups excluding carboxylic acids is 2. The lowest BCUT2D eigenvalue weighted by atomic mass is 10.2. The number of carboxylic acids is 3. The molecule has 0 aliphatic rings. The van der Waals surface area contributed by atoms with Crippen LogP contribution in [0.4, 0.5) is 0 Å². The zero-order chi connectivity index (χ0) is 27.9. The monoisotopic (exact) mass is 537 g/mol. The van der Waals surface area contributed by atoms with Crippen molar-refractivity contribution in [1.82, 2.24) is 15.1 Å². The summed E-state index contributed by atoms with van der Waals surface area (Å²) >= 11 is 0. The second kappa shape index (κ2) is 22.5. The molecule has 15 nitrogen and oxygen atoms in total. The molecule has 0 rings (SSSR count). The van der Waals surface area contributed by atoms with Gasteiger partial charge in [0.1, 0.15) is 5.78 Å². The Bertz CT molecular complexity index is 676. The van der Waals surface area contributed by atoms with Crippen LogP contribution in [0.25, 0.3) is 0 Å². The number of carboxylic acid groups (broad SMARTS) is 3. The van der Waals surface area contributed by atoms with Gasteiger partial charge in [0, 0.05) is 33.0 Å². The molecule has 0 atom stereocenters. The van der Waals surface area contributed by atoms with Crippen LogP contribution in [-0.2, 0) is 42.9 Å². The molecule has 0 bridgehead atoms. The van der Waals surface area contributed by atoms with Gasteiger partial charge in [-0.15, -0.1) is 0 Å². The number of rotatable bonds is 26. The second-order valence-corrected chi connectivity index (χ2v) is 7.82. The molecule has 0 heterocycles. The average molecular weight is 538 g/mol. The highest BCUT2D eigenvalue weighted by Gasteiger charge is 2.15. The van der Waals surface area contributed by atoms with E-state index in [0.717, 1.165) is 0 Å². The second-order valence-electron chi connectivity index (χ2n) is 7.82. The topological polar surface area (TPSA) is 201 Å². The minimum atomic E-state index is -1.14. The summed E-state index contributed by atoms with van der Waals surface area (Å²) in [7, 11) is 0. The normalized spacial score (nSPS) is 11.1. The average Bonchev–Trinajstić information content (AvgIpc) is 2.78. The van der Waals surface area contributed by atoms with Gasteiger partial charge in [-0.2, -0.15) is 0 Å². The Balaban J connectivity index is 3.96. The van der Waals surface area contributed by atoms with Crippen molar-refractivity contribution >= 4 is 29.6 Å². The molecule has 37 heavy (non-hydrogen) atoms. The first-order chi connectivity index (χ1) is 17.6. The first-order valence-electron chi connectivity index (χ1n) is 11.8. The Kier molecular flexibility index (Phi) is 20.9. The maximum atomic E-state index is 12.1. The van der Waals surface area contributed by atoms with E-state index in [9.17, 15) is 24.0 Å². The Hall–Kier alpha value is -2.69. The van der Waals surface area contributed by atoms with Gasteiger partial charge in [-0.3, -0.25) is 33.8 Å². The summed E-state index contributed by atoms with van der Waals surface area (Å²) in [5.41, 5.74) is 0. The molecule has 0 spiro atoms. The predicted molar refractivity (Wildman–Crippen MR) is 127 cm³/mol. The Morgan fingerprint density at radius 2 is 1.00 bits per heavy atom. The summed E-state index contributed by atoms with van der Waals surface area (Å²) < 4.78 is 21.3. The number of nitrogens with zero attached hydrogens (tertiary/aromatic N) is 2. The molecule has 0 aromatic heterocycles. The maximum absolute atomic E-state index is 12.1. The lowest BCUT2D eigenvalue weighted by molar-refractivity contribution is -0.143. The van der Waals surface area contributed by atoms with E-state index in [1.54, 1.807) is 0 Å². The van der Waals surface area contributed by atoms with Crippen LogP contribution in [-0.4, -0.2) is 153 Å². The van der Waals surface area contributed by atoms with E-state index in [1.807, 2.05) is 0 Å². The smallest absolute Gasteiger partial charge is 0.317 e. The minimum absolute atomic E-state index is 0.0638. The molecular weight excluding hydrogens is 498 g/mol. The van der Waals surface area contributed by atoms with Crippen molar-refractivity contribution in [3.63, 3.8) is 0 Å². The van der Waals surface area contributed by atoms with Gasteiger partial charge in [0.25, 0.3) is 0 Å².